The number of ether oxygens (including phenoxy) is 3. The first-order valence-corrected chi connectivity index (χ1v) is 8.78. The second-order valence-electron chi connectivity index (χ2n) is 5.93. The van der Waals surface area contributed by atoms with Crippen LogP contribution in [0, 0.1) is 11.3 Å². The van der Waals surface area contributed by atoms with Crippen LogP contribution in [-0.4, -0.2) is 25.8 Å². The fourth-order valence-electron chi connectivity index (χ4n) is 3.01. The number of nitrogens with two attached hydrogens (primary N) is 1. The highest BCUT2D eigenvalue weighted by molar-refractivity contribution is 5.82. The van der Waals surface area contributed by atoms with Gasteiger partial charge in [-0.05, 0) is 42.8 Å². The predicted molar refractivity (Wildman–Crippen MR) is 109 cm³/mol. The molecule has 0 fully saturated rings. The van der Waals surface area contributed by atoms with Gasteiger partial charge >= 0.3 is 0 Å². The zero-order valence-electron chi connectivity index (χ0n) is 16.0. The minimum absolute atomic E-state index is 0.161. The molecule has 0 aliphatic carbocycles. The summed E-state index contributed by atoms with van der Waals surface area (Å²) in [7, 11) is 3.18. The fourth-order valence-corrected chi connectivity index (χ4v) is 3.01. The third-order valence-corrected chi connectivity index (χ3v) is 4.32. The van der Waals surface area contributed by atoms with Crippen LogP contribution in [0.1, 0.15) is 12.5 Å². The number of methoxy groups -OCH3 is 2. The minimum Gasteiger partial charge on any atom is -0.496 e. The summed E-state index contributed by atoms with van der Waals surface area (Å²) in [6.45, 7) is 2.43. The smallest absolute Gasteiger partial charge is 0.161 e. The van der Waals surface area contributed by atoms with Crippen LogP contribution in [0.3, 0.4) is 0 Å². The van der Waals surface area contributed by atoms with E-state index in [1.165, 1.54) is 0 Å². The van der Waals surface area contributed by atoms with Crippen molar-refractivity contribution in [3.05, 3.63) is 54.1 Å². The lowest BCUT2D eigenvalue weighted by molar-refractivity contribution is 0.311. The number of anilines is 1. The number of hydrogen-bond acceptors (Lipinski definition) is 6. The van der Waals surface area contributed by atoms with E-state index in [0.29, 0.717) is 40.7 Å². The van der Waals surface area contributed by atoms with Crippen molar-refractivity contribution in [1.29, 1.82) is 5.26 Å². The first-order chi connectivity index (χ1) is 13.6. The van der Waals surface area contributed by atoms with E-state index < -0.39 is 0 Å². The van der Waals surface area contributed by atoms with E-state index >= 15 is 0 Å². The summed E-state index contributed by atoms with van der Waals surface area (Å²) in [6.07, 6.45) is 0. The monoisotopic (exact) mass is 375 g/mol. The van der Waals surface area contributed by atoms with Gasteiger partial charge in [-0.3, -0.25) is 0 Å². The summed E-state index contributed by atoms with van der Waals surface area (Å²) in [6, 6.07) is 17.0. The molecule has 6 heteroatoms. The van der Waals surface area contributed by atoms with E-state index in [4.69, 9.17) is 19.9 Å². The molecule has 1 heterocycles. The quantitative estimate of drug-likeness (QED) is 0.691. The van der Waals surface area contributed by atoms with Gasteiger partial charge in [0.25, 0.3) is 0 Å². The Balaban J connectivity index is 2.21. The molecule has 0 radical (unpaired) electrons. The largest absolute Gasteiger partial charge is 0.496 e. The summed E-state index contributed by atoms with van der Waals surface area (Å²) in [4.78, 5) is 4.42. The zero-order valence-corrected chi connectivity index (χ0v) is 16.0. The summed E-state index contributed by atoms with van der Waals surface area (Å²) < 4.78 is 16.5. The second-order valence-corrected chi connectivity index (χ2v) is 5.93. The van der Waals surface area contributed by atoms with Gasteiger partial charge in [-0.2, -0.15) is 5.26 Å². The lowest BCUT2D eigenvalue weighted by atomic mass is 9.97. The molecule has 6 nitrogen and oxygen atoms in total. The van der Waals surface area contributed by atoms with E-state index in [1.807, 2.05) is 55.5 Å². The highest BCUT2D eigenvalue weighted by Gasteiger charge is 2.17. The van der Waals surface area contributed by atoms with Gasteiger partial charge in [-0.25, -0.2) is 4.98 Å². The molecule has 0 atom stereocenters. The van der Waals surface area contributed by atoms with Crippen molar-refractivity contribution in [2.45, 2.75) is 6.92 Å². The highest BCUT2D eigenvalue weighted by atomic mass is 16.5. The molecule has 3 aromatic rings. The van der Waals surface area contributed by atoms with E-state index in [0.717, 1.165) is 11.1 Å². The third kappa shape index (κ3) is 3.55. The Bertz CT molecular complexity index is 1040. The molecule has 0 unspecified atom stereocenters. The second kappa shape index (κ2) is 8.31. The van der Waals surface area contributed by atoms with E-state index in [2.05, 4.69) is 11.1 Å². The SMILES string of the molecule is CCOc1ccc(-c2cc(-c3ccccc3OC)nc(N)c2C#N)cc1OC. The van der Waals surface area contributed by atoms with Crippen molar-refractivity contribution in [1.82, 2.24) is 4.98 Å². The highest BCUT2D eigenvalue weighted by Crippen LogP contribution is 2.38. The Hall–Kier alpha value is -3.72. The van der Waals surface area contributed by atoms with Gasteiger partial charge in [0.15, 0.2) is 11.5 Å². The molecule has 0 bridgehead atoms. The maximum Gasteiger partial charge on any atom is 0.161 e. The molecule has 28 heavy (non-hydrogen) atoms. The minimum atomic E-state index is 0.161. The Kier molecular flexibility index (Phi) is 5.66. The van der Waals surface area contributed by atoms with Crippen LogP contribution >= 0.6 is 0 Å². The first kappa shape index (κ1) is 19.1. The Labute approximate surface area is 164 Å². The molecule has 0 aliphatic rings. The van der Waals surface area contributed by atoms with Crippen LogP contribution in [0.4, 0.5) is 5.82 Å². The standard InChI is InChI=1S/C22H21N3O3/c1-4-28-20-10-9-14(11-21(20)27-3)16-12-18(25-22(24)17(16)13-23)15-7-5-6-8-19(15)26-2/h5-12H,4H2,1-3H3,(H2,24,25). The number of benzene rings is 2. The van der Waals surface area contributed by atoms with Crippen LogP contribution in [0.2, 0.25) is 0 Å². The molecule has 2 N–H and O–H groups in total. The van der Waals surface area contributed by atoms with Crippen molar-refractivity contribution >= 4 is 5.82 Å². The number of pyridine rings is 1. The summed E-state index contributed by atoms with van der Waals surface area (Å²) in [5.41, 5.74) is 9.28. The summed E-state index contributed by atoms with van der Waals surface area (Å²) in [5.74, 6) is 2.06. The zero-order chi connectivity index (χ0) is 20.1. The van der Waals surface area contributed by atoms with E-state index in [-0.39, 0.29) is 5.82 Å². The van der Waals surface area contributed by atoms with Crippen LogP contribution in [0.5, 0.6) is 17.2 Å². The molecule has 2 aromatic carbocycles. The third-order valence-electron chi connectivity index (χ3n) is 4.32. The number of rotatable bonds is 6. The van der Waals surface area contributed by atoms with Crippen molar-refractivity contribution < 1.29 is 14.2 Å². The number of hydrogen-bond donors (Lipinski definition) is 1. The van der Waals surface area contributed by atoms with Crippen molar-refractivity contribution in [2.75, 3.05) is 26.6 Å². The number of nitriles is 1. The maximum atomic E-state index is 9.64. The molecule has 3 rings (SSSR count). The average Bonchev–Trinajstić information content (AvgIpc) is 2.73. The molecule has 0 saturated carbocycles. The average molecular weight is 375 g/mol. The lowest BCUT2D eigenvalue weighted by Gasteiger charge is -2.14. The molecule has 0 spiro atoms. The van der Waals surface area contributed by atoms with Gasteiger partial charge < -0.3 is 19.9 Å². The Morgan fingerprint density at radius 1 is 0.964 bits per heavy atom. The van der Waals surface area contributed by atoms with Crippen LogP contribution < -0.4 is 19.9 Å². The van der Waals surface area contributed by atoms with Crippen molar-refractivity contribution in [3.8, 4) is 45.7 Å². The van der Waals surface area contributed by atoms with Gasteiger partial charge in [0.05, 0.1) is 26.5 Å². The van der Waals surface area contributed by atoms with Crippen LogP contribution in [0.15, 0.2) is 48.5 Å². The molecular weight excluding hydrogens is 354 g/mol. The molecule has 1 aromatic heterocycles. The lowest BCUT2D eigenvalue weighted by Crippen LogP contribution is -2.01. The van der Waals surface area contributed by atoms with Gasteiger partial charge in [0, 0.05) is 11.1 Å². The van der Waals surface area contributed by atoms with E-state index in [1.54, 1.807) is 14.2 Å². The molecular formula is C22H21N3O3. The maximum absolute atomic E-state index is 9.64. The Morgan fingerprint density at radius 2 is 1.71 bits per heavy atom. The van der Waals surface area contributed by atoms with Gasteiger partial charge in [-0.1, -0.05) is 18.2 Å². The summed E-state index contributed by atoms with van der Waals surface area (Å²) in [5, 5.41) is 9.64. The van der Waals surface area contributed by atoms with Crippen molar-refractivity contribution in [2.24, 2.45) is 0 Å². The fraction of sp³-hybridized carbons (Fsp3) is 0.182. The summed E-state index contributed by atoms with van der Waals surface area (Å²) >= 11 is 0. The first-order valence-electron chi connectivity index (χ1n) is 8.78. The van der Waals surface area contributed by atoms with Crippen LogP contribution in [-0.2, 0) is 0 Å². The van der Waals surface area contributed by atoms with Gasteiger partial charge in [-0.15, -0.1) is 0 Å². The predicted octanol–water partition coefficient (Wildman–Crippen LogP) is 4.29. The van der Waals surface area contributed by atoms with Crippen LogP contribution in [0.25, 0.3) is 22.4 Å². The molecule has 0 aliphatic heterocycles. The topological polar surface area (TPSA) is 90.4 Å². The van der Waals surface area contributed by atoms with E-state index in [9.17, 15) is 5.26 Å². The number of nitrogen functional groups attached to an aromatic ring is 1. The number of aromatic nitrogens is 1. The Morgan fingerprint density at radius 3 is 2.39 bits per heavy atom. The number of nitrogens with zero attached hydrogens (tertiary/aromatic N) is 2. The molecule has 0 amide bonds. The van der Waals surface area contributed by atoms with Gasteiger partial charge in [0.2, 0.25) is 0 Å². The normalized spacial score (nSPS) is 10.2. The van der Waals surface area contributed by atoms with Crippen molar-refractivity contribution in [3.63, 3.8) is 0 Å². The molecule has 0 saturated heterocycles. The molecule has 142 valence electrons. The van der Waals surface area contributed by atoms with Gasteiger partial charge in [0.1, 0.15) is 23.2 Å². The number of para-hydroxylation sites is 1.